The van der Waals surface area contributed by atoms with Gasteiger partial charge in [-0.1, -0.05) is 39.5 Å². The van der Waals surface area contributed by atoms with Crippen molar-refractivity contribution in [3.05, 3.63) is 0 Å². The fraction of sp³-hybridized carbons (Fsp3) is 1.00. The van der Waals surface area contributed by atoms with Crippen LogP contribution in [0.15, 0.2) is 0 Å². The Morgan fingerprint density at radius 2 is 1.72 bits per heavy atom. The molecule has 0 saturated heterocycles. The predicted octanol–water partition coefficient (Wildman–Crippen LogP) is 3.47. The van der Waals surface area contributed by atoms with Gasteiger partial charge in [-0.3, -0.25) is 0 Å². The van der Waals surface area contributed by atoms with Gasteiger partial charge in [0, 0.05) is 12.0 Å². The van der Waals surface area contributed by atoms with Crippen LogP contribution in [0.25, 0.3) is 0 Å². The van der Waals surface area contributed by atoms with E-state index < -0.39 is 5.60 Å². The van der Waals surface area contributed by atoms with Gasteiger partial charge < -0.3 is 10.8 Å². The van der Waals surface area contributed by atoms with Crippen molar-refractivity contribution in [2.24, 2.45) is 23.0 Å². The lowest BCUT2D eigenvalue weighted by Crippen LogP contribution is -2.53. The van der Waals surface area contributed by atoms with E-state index in [0.29, 0.717) is 12.5 Å². The minimum atomic E-state index is -0.468. The molecule has 0 bridgehead atoms. The monoisotopic (exact) mass is 253 g/mol. The molecular weight excluding hydrogens is 222 g/mol. The van der Waals surface area contributed by atoms with E-state index in [1.807, 2.05) is 0 Å². The van der Waals surface area contributed by atoms with Crippen LogP contribution >= 0.6 is 0 Å². The van der Waals surface area contributed by atoms with Crippen LogP contribution in [0, 0.1) is 17.3 Å². The van der Waals surface area contributed by atoms with E-state index >= 15 is 0 Å². The summed E-state index contributed by atoms with van der Waals surface area (Å²) in [6.45, 7) is 5.21. The Morgan fingerprint density at radius 1 is 1.06 bits per heavy atom. The topological polar surface area (TPSA) is 46.2 Å². The average Bonchev–Trinajstić information content (AvgIpc) is 2.84. The molecule has 4 atom stereocenters. The fourth-order valence-corrected chi connectivity index (χ4v) is 4.58. The summed E-state index contributed by atoms with van der Waals surface area (Å²) in [5.74, 6) is 1.51. The summed E-state index contributed by atoms with van der Waals surface area (Å²) in [5.41, 5.74) is 5.69. The second-order valence-electron chi connectivity index (χ2n) is 6.90. The van der Waals surface area contributed by atoms with Gasteiger partial charge in [-0.05, 0) is 43.9 Å². The molecule has 2 fully saturated rings. The zero-order valence-corrected chi connectivity index (χ0v) is 12.3. The molecule has 4 unspecified atom stereocenters. The largest absolute Gasteiger partial charge is 0.389 e. The molecule has 18 heavy (non-hydrogen) atoms. The summed E-state index contributed by atoms with van der Waals surface area (Å²) in [4.78, 5) is 0. The predicted molar refractivity (Wildman–Crippen MR) is 76.3 cm³/mol. The number of nitrogens with two attached hydrogens (primary N) is 1. The van der Waals surface area contributed by atoms with Gasteiger partial charge in [-0.15, -0.1) is 0 Å². The molecule has 0 spiro atoms. The van der Waals surface area contributed by atoms with Crippen molar-refractivity contribution in [1.82, 2.24) is 0 Å². The summed E-state index contributed by atoms with van der Waals surface area (Å²) in [6.07, 6.45) is 10.5. The first-order valence-corrected chi connectivity index (χ1v) is 8.01. The molecule has 2 saturated carbocycles. The molecule has 3 N–H and O–H groups in total. The Hall–Kier alpha value is -0.0800. The van der Waals surface area contributed by atoms with E-state index in [4.69, 9.17) is 5.73 Å². The van der Waals surface area contributed by atoms with Gasteiger partial charge in [0.1, 0.15) is 0 Å². The van der Waals surface area contributed by atoms with Crippen LogP contribution in [0.4, 0.5) is 0 Å². The smallest absolute Gasteiger partial charge is 0.0718 e. The molecule has 2 aliphatic carbocycles. The quantitative estimate of drug-likeness (QED) is 0.806. The van der Waals surface area contributed by atoms with E-state index in [1.54, 1.807) is 0 Å². The molecule has 0 aromatic rings. The van der Waals surface area contributed by atoms with Gasteiger partial charge in [0.2, 0.25) is 0 Å². The summed E-state index contributed by atoms with van der Waals surface area (Å²) in [6, 6.07) is 0. The molecule has 2 aliphatic rings. The zero-order valence-electron chi connectivity index (χ0n) is 12.3. The SMILES string of the molecule is CCC1CCCC(O)(C2(CN)CCC(CC)C2)C1. The second kappa shape index (κ2) is 5.50. The minimum absolute atomic E-state index is 0.0293. The Kier molecular flexibility index (Phi) is 4.38. The second-order valence-corrected chi connectivity index (χ2v) is 6.90. The number of rotatable bonds is 4. The van der Waals surface area contributed by atoms with E-state index in [9.17, 15) is 5.11 Å². The van der Waals surface area contributed by atoms with Gasteiger partial charge >= 0.3 is 0 Å². The summed E-state index contributed by atoms with van der Waals surface area (Å²) in [7, 11) is 0. The molecule has 2 heteroatoms. The van der Waals surface area contributed by atoms with Crippen LogP contribution in [-0.2, 0) is 0 Å². The average molecular weight is 253 g/mol. The zero-order chi connectivity index (χ0) is 13.2. The number of hydrogen-bond donors (Lipinski definition) is 2. The molecule has 0 radical (unpaired) electrons. The lowest BCUT2D eigenvalue weighted by atomic mass is 9.61. The van der Waals surface area contributed by atoms with E-state index in [-0.39, 0.29) is 5.41 Å². The van der Waals surface area contributed by atoms with Crippen molar-refractivity contribution >= 4 is 0 Å². The van der Waals surface area contributed by atoms with Gasteiger partial charge in [-0.25, -0.2) is 0 Å². The lowest BCUT2D eigenvalue weighted by Gasteiger charge is -2.49. The Labute approximate surface area is 112 Å². The molecule has 0 aromatic carbocycles. The number of aliphatic hydroxyl groups is 1. The highest BCUT2D eigenvalue weighted by atomic mass is 16.3. The molecule has 0 aromatic heterocycles. The molecule has 0 heterocycles. The van der Waals surface area contributed by atoms with Gasteiger partial charge in [0.05, 0.1) is 5.60 Å². The van der Waals surface area contributed by atoms with Crippen LogP contribution in [0.2, 0.25) is 0 Å². The summed E-state index contributed by atoms with van der Waals surface area (Å²) >= 11 is 0. The van der Waals surface area contributed by atoms with Crippen molar-refractivity contribution in [3.8, 4) is 0 Å². The van der Waals surface area contributed by atoms with E-state index in [0.717, 1.165) is 31.6 Å². The maximum absolute atomic E-state index is 11.3. The van der Waals surface area contributed by atoms with E-state index in [1.165, 1.54) is 32.1 Å². The molecular formula is C16H31NO. The fourth-order valence-electron chi connectivity index (χ4n) is 4.58. The van der Waals surface area contributed by atoms with Crippen LogP contribution in [-0.4, -0.2) is 17.3 Å². The third kappa shape index (κ3) is 2.34. The van der Waals surface area contributed by atoms with Crippen molar-refractivity contribution < 1.29 is 5.11 Å². The summed E-state index contributed by atoms with van der Waals surface area (Å²) < 4.78 is 0. The number of hydrogen-bond acceptors (Lipinski definition) is 2. The molecule has 106 valence electrons. The molecule has 0 aliphatic heterocycles. The van der Waals surface area contributed by atoms with E-state index in [2.05, 4.69) is 13.8 Å². The maximum Gasteiger partial charge on any atom is 0.0718 e. The third-order valence-electron chi connectivity index (χ3n) is 6.07. The van der Waals surface area contributed by atoms with Crippen LogP contribution in [0.1, 0.15) is 71.6 Å². The maximum atomic E-state index is 11.3. The van der Waals surface area contributed by atoms with Gasteiger partial charge in [0.15, 0.2) is 0 Å². The van der Waals surface area contributed by atoms with Crippen molar-refractivity contribution in [3.63, 3.8) is 0 Å². The first kappa shape index (κ1) is 14.3. The standard InChI is InChI=1S/C16H31NO/c1-3-13-6-5-8-16(18,11-13)15(12-17)9-7-14(4-2)10-15/h13-14,18H,3-12,17H2,1-2H3. The van der Waals surface area contributed by atoms with Gasteiger partial charge in [0.25, 0.3) is 0 Å². The Morgan fingerprint density at radius 3 is 2.28 bits per heavy atom. The van der Waals surface area contributed by atoms with Crippen molar-refractivity contribution in [2.75, 3.05) is 6.54 Å². The summed E-state index contributed by atoms with van der Waals surface area (Å²) in [5, 5.41) is 11.3. The first-order chi connectivity index (χ1) is 8.59. The third-order valence-corrected chi connectivity index (χ3v) is 6.07. The Balaban J connectivity index is 2.15. The minimum Gasteiger partial charge on any atom is -0.389 e. The Bertz CT molecular complexity index is 280. The van der Waals surface area contributed by atoms with Crippen molar-refractivity contribution in [1.29, 1.82) is 0 Å². The normalized spacial score (nSPS) is 45.3. The molecule has 2 nitrogen and oxygen atoms in total. The van der Waals surface area contributed by atoms with Crippen LogP contribution in [0.5, 0.6) is 0 Å². The van der Waals surface area contributed by atoms with Gasteiger partial charge in [-0.2, -0.15) is 0 Å². The lowest BCUT2D eigenvalue weighted by molar-refractivity contribution is -0.117. The highest BCUT2D eigenvalue weighted by Gasteiger charge is 2.53. The molecule has 2 rings (SSSR count). The highest BCUT2D eigenvalue weighted by molar-refractivity contribution is 5.06. The van der Waals surface area contributed by atoms with Crippen molar-refractivity contribution in [2.45, 2.75) is 77.2 Å². The van der Waals surface area contributed by atoms with Crippen LogP contribution < -0.4 is 5.73 Å². The van der Waals surface area contributed by atoms with Crippen LogP contribution in [0.3, 0.4) is 0 Å². The highest BCUT2D eigenvalue weighted by Crippen LogP contribution is 2.55. The first-order valence-electron chi connectivity index (χ1n) is 8.01. The molecule has 0 amide bonds.